The highest BCUT2D eigenvalue weighted by atomic mass is 32.2. The zero-order valence-corrected chi connectivity index (χ0v) is 16.3. The zero-order valence-electron chi connectivity index (χ0n) is 15.5. The van der Waals surface area contributed by atoms with Crippen molar-refractivity contribution in [2.75, 3.05) is 12.3 Å². The highest BCUT2D eigenvalue weighted by Crippen LogP contribution is 2.22. The van der Waals surface area contributed by atoms with E-state index in [0.717, 1.165) is 29.6 Å². The molecule has 0 spiro atoms. The van der Waals surface area contributed by atoms with E-state index in [1.165, 1.54) is 48.6 Å². The van der Waals surface area contributed by atoms with Crippen LogP contribution in [0.15, 0.2) is 41.1 Å². The fourth-order valence-electron chi connectivity index (χ4n) is 3.10. The second-order valence-corrected chi connectivity index (χ2v) is 7.64. The molecule has 1 aliphatic rings. The molecule has 0 radical (unpaired) electrons. The second-order valence-electron chi connectivity index (χ2n) is 6.70. The Balaban J connectivity index is 1.52. The Morgan fingerprint density at radius 1 is 1.19 bits per heavy atom. The summed E-state index contributed by atoms with van der Waals surface area (Å²) in [5.41, 5.74) is 3.71. The van der Waals surface area contributed by atoms with Crippen molar-refractivity contribution in [3.63, 3.8) is 0 Å². The molecule has 2 aromatic rings. The molecule has 1 aliphatic carbocycles. The van der Waals surface area contributed by atoms with Crippen LogP contribution >= 0.6 is 11.8 Å². The van der Waals surface area contributed by atoms with Gasteiger partial charge in [-0.05, 0) is 58.1 Å². The lowest BCUT2D eigenvalue weighted by Crippen LogP contribution is -2.26. The monoisotopic (exact) mass is 370 g/mol. The molecule has 1 N–H and O–H groups in total. The molecule has 0 fully saturated rings. The summed E-state index contributed by atoms with van der Waals surface area (Å²) in [7, 11) is 0. The summed E-state index contributed by atoms with van der Waals surface area (Å²) >= 11 is 1.42. The van der Waals surface area contributed by atoms with Gasteiger partial charge in [0.2, 0.25) is 5.91 Å². The molecule has 0 unspecified atom stereocenters. The van der Waals surface area contributed by atoms with Gasteiger partial charge in [0.15, 0.2) is 5.16 Å². The summed E-state index contributed by atoms with van der Waals surface area (Å²) in [5.74, 6) is 1.21. The molecular weight excluding hydrogens is 344 g/mol. The van der Waals surface area contributed by atoms with Crippen LogP contribution < -0.4 is 5.32 Å². The van der Waals surface area contributed by atoms with E-state index < -0.39 is 0 Å². The van der Waals surface area contributed by atoms with Gasteiger partial charge < -0.3 is 5.32 Å². The van der Waals surface area contributed by atoms with Crippen LogP contribution in [-0.2, 0) is 4.79 Å². The molecule has 3 rings (SSSR count). The van der Waals surface area contributed by atoms with E-state index in [1.807, 2.05) is 23.6 Å². The van der Waals surface area contributed by atoms with Gasteiger partial charge in [-0.15, -0.1) is 10.2 Å². The molecule has 5 nitrogen and oxygen atoms in total. The first-order valence-corrected chi connectivity index (χ1v) is 10.2. The van der Waals surface area contributed by atoms with Crippen LogP contribution in [0.2, 0.25) is 0 Å². The van der Waals surface area contributed by atoms with E-state index in [-0.39, 0.29) is 5.91 Å². The Morgan fingerprint density at radius 2 is 2.00 bits per heavy atom. The molecule has 6 heteroatoms. The van der Waals surface area contributed by atoms with Gasteiger partial charge in [-0.3, -0.25) is 9.36 Å². The third kappa shape index (κ3) is 4.97. The van der Waals surface area contributed by atoms with E-state index >= 15 is 0 Å². The number of hydrogen-bond donors (Lipinski definition) is 1. The Labute approximate surface area is 159 Å². The maximum absolute atomic E-state index is 12.1. The zero-order chi connectivity index (χ0) is 18.4. The number of nitrogens with zero attached hydrogens (tertiary/aromatic N) is 3. The third-order valence-corrected chi connectivity index (χ3v) is 5.50. The Morgan fingerprint density at radius 3 is 2.73 bits per heavy atom. The third-order valence-electron chi connectivity index (χ3n) is 4.57. The van der Waals surface area contributed by atoms with Gasteiger partial charge >= 0.3 is 0 Å². The number of benzene rings is 1. The first-order valence-electron chi connectivity index (χ1n) is 9.20. The molecule has 0 bridgehead atoms. The van der Waals surface area contributed by atoms with Gasteiger partial charge in [0.25, 0.3) is 0 Å². The minimum atomic E-state index is 0.0440. The molecule has 0 aliphatic heterocycles. The summed E-state index contributed by atoms with van der Waals surface area (Å²) in [4.78, 5) is 12.1. The number of nitrogens with one attached hydrogen (secondary N) is 1. The van der Waals surface area contributed by atoms with E-state index in [9.17, 15) is 4.79 Å². The van der Waals surface area contributed by atoms with Gasteiger partial charge in [-0.1, -0.05) is 41.1 Å². The topological polar surface area (TPSA) is 59.8 Å². The van der Waals surface area contributed by atoms with E-state index in [1.54, 1.807) is 0 Å². The van der Waals surface area contributed by atoms with E-state index in [2.05, 4.69) is 40.6 Å². The minimum absolute atomic E-state index is 0.0440. The number of carbonyl (C=O) groups is 1. The average Bonchev–Trinajstić information content (AvgIpc) is 3.02. The molecule has 1 amide bonds. The van der Waals surface area contributed by atoms with Crippen molar-refractivity contribution in [3.05, 3.63) is 47.3 Å². The second kappa shape index (κ2) is 9.03. The first kappa shape index (κ1) is 18.7. The molecule has 1 aromatic carbocycles. The van der Waals surface area contributed by atoms with Crippen LogP contribution in [0.1, 0.15) is 43.5 Å². The highest BCUT2D eigenvalue weighted by Gasteiger charge is 2.13. The maximum Gasteiger partial charge on any atom is 0.230 e. The molecule has 0 saturated heterocycles. The number of allylic oxidation sites excluding steroid dienone is 1. The van der Waals surface area contributed by atoms with Crippen LogP contribution in [-0.4, -0.2) is 33.0 Å². The number of amides is 1. The van der Waals surface area contributed by atoms with Gasteiger partial charge in [0, 0.05) is 12.2 Å². The van der Waals surface area contributed by atoms with Crippen molar-refractivity contribution in [3.8, 4) is 5.69 Å². The summed E-state index contributed by atoms with van der Waals surface area (Å²) < 4.78 is 1.99. The van der Waals surface area contributed by atoms with Crippen molar-refractivity contribution >= 4 is 17.7 Å². The van der Waals surface area contributed by atoms with E-state index in [0.29, 0.717) is 5.75 Å². The Hall–Kier alpha value is -2.08. The number of hydrogen-bond acceptors (Lipinski definition) is 4. The average molecular weight is 371 g/mol. The summed E-state index contributed by atoms with van der Waals surface area (Å²) in [6, 6.07) is 8.23. The Bertz CT molecular complexity index is 780. The van der Waals surface area contributed by atoms with Crippen molar-refractivity contribution in [1.29, 1.82) is 0 Å². The number of carbonyl (C=O) groups excluding carboxylic acids is 1. The molecule has 1 aromatic heterocycles. The van der Waals surface area contributed by atoms with Gasteiger partial charge in [-0.25, -0.2) is 0 Å². The van der Waals surface area contributed by atoms with Gasteiger partial charge in [0.05, 0.1) is 5.75 Å². The van der Waals surface area contributed by atoms with Crippen molar-refractivity contribution in [1.82, 2.24) is 20.1 Å². The lowest BCUT2D eigenvalue weighted by molar-refractivity contribution is -0.118. The van der Waals surface area contributed by atoms with Crippen molar-refractivity contribution < 1.29 is 4.79 Å². The smallest absolute Gasteiger partial charge is 0.230 e. The maximum atomic E-state index is 12.1. The predicted octanol–water partition coefficient (Wildman–Crippen LogP) is 3.98. The summed E-state index contributed by atoms with van der Waals surface area (Å²) in [5, 5.41) is 12.2. The van der Waals surface area contributed by atoms with Crippen LogP contribution in [0.3, 0.4) is 0 Å². The predicted molar refractivity (Wildman–Crippen MR) is 106 cm³/mol. The van der Waals surface area contributed by atoms with Crippen molar-refractivity contribution in [2.45, 2.75) is 51.1 Å². The molecular formula is C20H26N4OS. The van der Waals surface area contributed by atoms with Gasteiger partial charge in [-0.2, -0.15) is 0 Å². The van der Waals surface area contributed by atoms with E-state index in [4.69, 9.17) is 0 Å². The Kier molecular flexibility index (Phi) is 6.50. The fraction of sp³-hybridized carbons (Fsp3) is 0.450. The quantitative estimate of drug-likeness (QED) is 0.591. The summed E-state index contributed by atoms with van der Waals surface area (Å²) in [6.07, 6.45) is 8.25. The fourth-order valence-corrected chi connectivity index (χ4v) is 3.93. The molecule has 0 atom stereocenters. The number of aromatic nitrogens is 3. The SMILES string of the molecule is Cc1ccc(-n2c(C)nnc2SCC(=O)NCCC2=CCCCC2)cc1. The van der Waals surface area contributed by atoms with Crippen LogP contribution in [0.25, 0.3) is 5.69 Å². The van der Waals surface area contributed by atoms with Crippen LogP contribution in [0.5, 0.6) is 0 Å². The lowest BCUT2D eigenvalue weighted by Gasteiger charge is -2.13. The molecule has 1 heterocycles. The van der Waals surface area contributed by atoms with Gasteiger partial charge in [0.1, 0.15) is 5.82 Å². The number of aryl methyl sites for hydroxylation is 2. The normalized spacial score (nSPS) is 14.2. The lowest BCUT2D eigenvalue weighted by atomic mass is 9.97. The van der Waals surface area contributed by atoms with Crippen LogP contribution in [0, 0.1) is 13.8 Å². The van der Waals surface area contributed by atoms with Crippen LogP contribution in [0.4, 0.5) is 0 Å². The number of thioether (sulfide) groups is 1. The molecule has 26 heavy (non-hydrogen) atoms. The van der Waals surface area contributed by atoms with Crippen molar-refractivity contribution in [2.24, 2.45) is 0 Å². The minimum Gasteiger partial charge on any atom is -0.355 e. The molecule has 138 valence electrons. The standard InChI is InChI=1S/C20H26N4OS/c1-15-8-10-18(11-9-15)24-16(2)22-23-20(24)26-14-19(25)21-13-12-17-6-4-3-5-7-17/h6,8-11H,3-5,7,12-14H2,1-2H3,(H,21,25). The molecule has 0 saturated carbocycles. The first-order chi connectivity index (χ1) is 12.6. The largest absolute Gasteiger partial charge is 0.355 e. The number of rotatable bonds is 7. The summed E-state index contributed by atoms with van der Waals surface area (Å²) in [6.45, 7) is 4.70. The highest BCUT2D eigenvalue weighted by molar-refractivity contribution is 7.99.